The molecule has 0 spiro atoms. The zero-order valence-corrected chi connectivity index (χ0v) is 18.0. The molecule has 30 heavy (non-hydrogen) atoms. The van der Waals surface area contributed by atoms with Crippen LogP contribution in [0.15, 0.2) is 62.9 Å². The largest absolute Gasteiger partial charge is 0.450 e. The number of amides is 1. The first-order valence-corrected chi connectivity index (χ1v) is 11.7. The van der Waals surface area contributed by atoms with E-state index in [2.05, 4.69) is 10.3 Å². The van der Waals surface area contributed by atoms with E-state index in [1.165, 1.54) is 49.5 Å². The van der Waals surface area contributed by atoms with Gasteiger partial charge in [0.05, 0.1) is 5.69 Å². The van der Waals surface area contributed by atoms with Gasteiger partial charge in [0.15, 0.2) is 10.2 Å². The fraction of sp³-hybridized carbons (Fsp3) is 0.261. The van der Waals surface area contributed by atoms with Crippen molar-refractivity contribution >= 4 is 40.2 Å². The summed E-state index contributed by atoms with van der Waals surface area (Å²) in [6.45, 7) is 0. The lowest BCUT2D eigenvalue weighted by Crippen LogP contribution is -2.13. The van der Waals surface area contributed by atoms with Crippen molar-refractivity contribution in [1.82, 2.24) is 4.98 Å². The maximum atomic E-state index is 12.5. The van der Waals surface area contributed by atoms with Crippen LogP contribution in [0.3, 0.4) is 0 Å². The minimum Gasteiger partial charge on any atom is -0.450 e. The molecule has 5 nitrogen and oxygen atoms in total. The van der Waals surface area contributed by atoms with Gasteiger partial charge in [-0.05, 0) is 25.0 Å². The number of thioether (sulfide) groups is 1. The molecule has 1 aliphatic carbocycles. The summed E-state index contributed by atoms with van der Waals surface area (Å²) in [6, 6.07) is 15.4. The highest BCUT2D eigenvalue weighted by atomic mass is 32.2. The minimum atomic E-state index is -0.496. The van der Waals surface area contributed by atoms with Crippen molar-refractivity contribution in [2.24, 2.45) is 0 Å². The summed E-state index contributed by atoms with van der Waals surface area (Å²) in [7, 11) is 0. The van der Waals surface area contributed by atoms with Crippen LogP contribution in [0.25, 0.3) is 17.3 Å². The molecule has 1 saturated carbocycles. The molecule has 0 bridgehead atoms. The van der Waals surface area contributed by atoms with Gasteiger partial charge in [-0.3, -0.25) is 10.1 Å². The molecule has 0 aliphatic heterocycles. The lowest BCUT2D eigenvalue weighted by molar-refractivity contribution is -0.112. The van der Waals surface area contributed by atoms with Crippen LogP contribution in [0.4, 0.5) is 5.13 Å². The minimum absolute atomic E-state index is 0.0185. The van der Waals surface area contributed by atoms with Gasteiger partial charge in [-0.25, -0.2) is 4.98 Å². The topological polar surface area (TPSA) is 78.9 Å². The average molecular weight is 436 g/mol. The van der Waals surface area contributed by atoms with Gasteiger partial charge in [0.25, 0.3) is 5.91 Å². The second kappa shape index (κ2) is 9.79. The summed E-state index contributed by atoms with van der Waals surface area (Å²) in [6.07, 6.45) is 7.75. The third kappa shape index (κ3) is 5.21. The van der Waals surface area contributed by atoms with Crippen molar-refractivity contribution in [1.29, 1.82) is 5.26 Å². The molecule has 0 saturated heterocycles. The SMILES string of the molecule is N#C/C(=C/c1ccc(SC2CCCCC2)o1)C(=O)Nc1nc(-c2ccccc2)cs1. The highest BCUT2D eigenvalue weighted by molar-refractivity contribution is 7.99. The van der Waals surface area contributed by atoms with Gasteiger partial charge in [-0.15, -0.1) is 11.3 Å². The van der Waals surface area contributed by atoms with Crippen molar-refractivity contribution < 1.29 is 9.21 Å². The fourth-order valence-corrected chi connectivity index (χ4v) is 5.25. The Balaban J connectivity index is 1.41. The molecule has 1 amide bonds. The zero-order valence-electron chi connectivity index (χ0n) is 16.3. The number of anilines is 1. The Hall–Kier alpha value is -2.82. The van der Waals surface area contributed by atoms with Crippen LogP contribution in [0.5, 0.6) is 0 Å². The molecule has 2 heterocycles. The number of nitrogens with zero attached hydrogens (tertiary/aromatic N) is 2. The molecule has 1 fully saturated rings. The first kappa shape index (κ1) is 20.5. The fourth-order valence-electron chi connectivity index (χ4n) is 3.35. The first-order chi connectivity index (χ1) is 14.7. The number of carbonyl (C=O) groups is 1. The molecule has 3 aromatic rings. The highest BCUT2D eigenvalue weighted by Crippen LogP contribution is 2.34. The van der Waals surface area contributed by atoms with Crippen LogP contribution >= 0.6 is 23.1 Å². The number of hydrogen-bond donors (Lipinski definition) is 1. The summed E-state index contributed by atoms with van der Waals surface area (Å²) >= 11 is 3.07. The van der Waals surface area contributed by atoms with Gasteiger partial charge in [0.2, 0.25) is 0 Å². The van der Waals surface area contributed by atoms with Crippen molar-refractivity contribution in [2.75, 3.05) is 5.32 Å². The number of furan rings is 1. The number of thiazole rings is 1. The third-order valence-electron chi connectivity index (χ3n) is 4.88. The monoisotopic (exact) mass is 435 g/mol. The summed E-state index contributed by atoms with van der Waals surface area (Å²) in [5.41, 5.74) is 1.74. The van der Waals surface area contributed by atoms with Gasteiger partial charge >= 0.3 is 0 Å². The van der Waals surface area contributed by atoms with Crippen LogP contribution in [-0.4, -0.2) is 16.1 Å². The predicted octanol–water partition coefficient (Wildman–Crippen LogP) is 6.37. The second-order valence-electron chi connectivity index (χ2n) is 7.06. The molecule has 2 aromatic heterocycles. The molecule has 0 radical (unpaired) electrons. The lowest BCUT2D eigenvalue weighted by Gasteiger charge is -2.19. The normalized spacial score (nSPS) is 15.0. The van der Waals surface area contributed by atoms with Gasteiger partial charge in [0, 0.05) is 22.3 Å². The van der Waals surface area contributed by atoms with E-state index in [1.807, 2.05) is 47.8 Å². The maximum Gasteiger partial charge on any atom is 0.268 e. The Bertz CT molecular complexity index is 1070. The summed E-state index contributed by atoms with van der Waals surface area (Å²) in [5.74, 6) is 0.00784. The first-order valence-electron chi connectivity index (χ1n) is 9.92. The smallest absolute Gasteiger partial charge is 0.268 e. The van der Waals surface area contributed by atoms with Crippen LogP contribution in [0, 0.1) is 11.3 Å². The molecular formula is C23H21N3O2S2. The number of nitriles is 1. The number of aromatic nitrogens is 1. The van der Waals surface area contributed by atoms with E-state index in [9.17, 15) is 10.1 Å². The van der Waals surface area contributed by atoms with Gasteiger partial charge in [-0.2, -0.15) is 5.26 Å². The lowest BCUT2D eigenvalue weighted by atomic mass is 10.0. The zero-order chi connectivity index (χ0) is 20.8. The van der Waals surface area contributed by atoms with Crippen LogP contribution in [0.2, 0.25) is 0 Å². The van der Waals surface area contributed by atoms with Crippen molar-refractivity contribution in [2.45, 2.75) is 42.4 Å². The molecule has 1 aliphatic rings. The van der Waals surface area contributed by atoms with Crippen LogP contribution in [0.1, 0.15) is 37.9 Å². The van der Waals surface area contributed by atoms with E-state index in [1.54, 1.807) is 17.8 Å². The number of hydrogen-bond acceptors (Lipinski definition) is 6. The number of benzene rings is 1. The Morgan fingerprint density at radius 1 is 1.20 bits per heavy atom. The van der Waals surface area contributed by atoms with E-state index in [0.29, 0.717) is 16.1 Å². The number of nitrogens with one attached hydrogen (secondary N) is 1. The highest BCUT2D eigenvalue weighted by Gasteiger charge is 2.17. The quantitative estimate of drug-likeness (QED) is 0.359. The van der Waals surface area contributed by atoms with Crippen molar-refractivity contribution in [3.63, 3.8) is 0 Å². The van der Waals surface area contributed by atoms with E-state index >= 15 is 0 Å². The summed E-state index contributed by atoms with van der Waals surface area (Å²) in [5, 5.41) is 15.9. The Morgan fingerprint density at radius 3 is 2.77 bits per heavy atom. The molecule has 0 atom stereocenters. The van der Waals surface area contributed by atoms with Crippen molar-refractivity contribution in [3.05, 3.63) is 59.2 Å². The molecule has 152 valence electrons. The van der Waals surface area contributed by atoms with Gasteiger partial charge in [-0.1, -0.05) is 61.4 Å². The van der Waals surface area contributed by atoms with E-state index in [0.717, 1.165) is 16.3 Å². The van der Waals surface area contributed by atoms with Gasteiger partial charge < -0.3 is 4.42 Å². The summed E-state index contributed by atoms with van der Waals surface area (Å²) < 4.78 is 5.82. The van der Waals surface area contributed by atoms with Crippen molar-refractivity contribution in [3.8, 4) is 17.3 Å². The Labute approximate surface area is 183 Å². The van der Waals surface area contributed by atoms with E-state index in [-0.39, 0.29) is 5.57 Å². The van der Waals surface area contributed by atoms with Gasteiger partial charge in [0.1, 0.15) is 17.4 Å². The van der Waals surface area contributed by atoms with E-state index < -0.39 is 5.91 Å². The Kier molecular flexibility index (Phi) is 6.67. The average Bonchev–Trinajstić information content (AvgIpc) is 3.43. The number of rotatable bonds is 6. The summed E-state index contributed by atoms with van der Waals surface area (Å²) in [4.78, 5) is 17.0. The predicted molar refractivity (Wildman–Crippen MR) is 121 cm³/mol. The molecule has 1 aromatic carbocycles. The maximum absolute atomic E-state index is 12.5. The standard InChI is InChI=1S/C23H21N3O2S2/c24-14-17(13-18-11-12-21(28-18)30-19-9-5-2-6-10-19)22(27)26-23-25-20(15-29-23)16-7-3-1-4-8-16/h1,3-4,7-8,11-13,15,19H,2,5-6,9-10H2,(H,25,26,27)/b17-13-. The van der Waals surface area contributed by atoms with E-state index in [4.69, 9.17) is 4.42 Å². The molecule has 4 rings (SSSR count). The molecule has 1 N–H and O–H groups in total. The van der Waals surface area contributed by atoms with Crippen LogP contribution in [-0.2, 0) is 4.79 Å². The Morgan fingerprint density at radius 2 is 2.00 bits per heavy atom. The molecule has 0 unspecified atom stereocenters. The molecular weight excluding hydrogens is 414 g/mol. The molecule has 7 heteroatoms. The van der Waals surface area contributed by atoms with Crippen LogP contribution < -0.4 is 5.32 Å². The number of carbonyl (C=O) groups excluding carboxylic acids is 1. The third-order valence-corrected chi connectivity index (χ3v) is 6.90. The second-order valence-corrected chi connectivity index (χ2v) is 9.23.